The molecule has 0 atom stereocenters. The van der Waals surface area contributed by atoms with Crippen LogP contribution in [0.1, 0.15) is 0 Å². The highest BCUT2D eigenvalue weighted by Crippen LogP contribution is 1.98. The van der Waals surface area contributed by atoms with Crippen molar-refractivity contribution in [1.82, 2.24) is 19.9 Å². The summed E-state index contributed by atoms with van der Waals surface area (Å²) >= 11 is 0. The standard InChI is InChI=1S/C5H5N5O.CH2O2/c6-5-9-3-2(4(11)10-5)7-1-8-3;2-1-3/h1H,(H4,6,7,8,9,10,11);1H,(H,2,3). The number of H-pyrrole nitrogens is 2. The van der Waals surface area contributed by atoms with Gasteiger partial charge in [-0.15, -0.1) is 0 Å². The summed E-state index contributed by atoms with van der Waals surface area (Å²) < 4.78 is 0. The number of nitrogens with one attached hydrogen (secondary N) is 2. The molecule has 0 radical (unpaired) electrons. The first-order valence-electron chi connectivity index (χ1n) is 3.45. The average molecular weight is 197 g/mol. The quantitative estimate of drug-likeness (QED) is 0.396. The lowest BCUT2D eigenvalue weighted by Crippen LogP contribution is -2.10. The zero-order chi connectivity index (χ0) is 10.6. The predicted octanol–water partition coefficient (Wildman–Crippen LogP) is -1.07. The van der Waals surface area contributed by atoms with E-state index in [9.17, 15) is 4.79 Å². The van der Waals surface area contributed by atoms with Crippen LogP contribution in [0, 0.1) is 0 Å². The molecule has 0 aliphatic carbocycles. The van der Waals surface area contributed by atoms with Gasteiger partial charge in [0.1, 0.15) is 0 Å². The summed E-state index contributed by atoms with van der Waals surface area (Å²) in [6, 6.07) is 0. The van der Waals surface area contributed by atoms with Crippen molar-refractivity contribution in [1.29, 1.82) is 0 Å². The zero-order valence-corrected chi connectivity index (χ0v) is 6.89. The van der Waals surface area contributed by atoms with Crippen molar-refractivity contribution < 1.29 is 9.90 Å². The summed E-state index contributed by atoms with van der Waals surface area (Å²) in [7, 11) is 0. The summed E-state index contributed by atoms with van der Waals surface area (Å²) in [5, 5.41) is 6.89. The minimum atomic E-state index is -0.301. The number of carbonyl (C=O) groups is 1. The largest absolute Gasteiger partial charge is 0.483 e. The van der Waals surface area contributed by atoms with E-state index in [0.717, 1.165) is 0 Å². The molecule has 0 spiro atoms. The molecule has 0 unspecified atom stereocenters. The van der Waals surface area contributed by atoms with Gasteiger partial charge in [0.2, 0.25) is 5.95 Å². The topological polar surface area (TPSA) is 138 Å². The van der Waals surface area contributed by atoms with Crippen molar-refractivity contribution >= 4 is 23.6 Å². The molecule has 5 N–H and O–H groups in total. The van der Waals surface area contributed by atoms with Crippen molar-refractivity contribution in [2.45, 2.75) is 0 Å². The molecule has 2 rings (SSSR count). The number of nitrogen functional groups attached to an aromatic ring is 1. The smallest absolute Gasteiger partial charge is 0.290 e. The number of rotatable bonds is 0. The minimum Gasteiger partial charge on any atom is -0.483 e. The molecule has 0 aromatic carbocycles. The number of anilines is 1. The number of nitrogens with zero attached hydrogens (tertiary/aromatic N) is 2. The number of hydrogen-bond acceptors (Lipinski definition) is 5. The van der Waals surface area contributed by atoms with E-state index in [0.29, 0.717) is 11.2 Å². The molecule has 0 fully saturated rings. The second-order valence-corrected chi connectivity index (χ2v) is 2.16. The van der Waals surface area contributed by atoms with E-state index >= 15 is 0 Å². The summed E-state index contributed by atoms with van der Waals surface area (Å²) in [6.07, 6.45) is 1.40. The van der Waals surface area contributed by atoms with Gasteiger partial charge in [0.15, 0.2) is 11.2 Å². The molecule has 8 heteroatoms. The maximum absolute atomic E-state index is 11.0. The van der Waals surface area contributed by atoms with E-state index in [1.165, 1.54) is 6.33 Å². The van der Waals surface area contributed by atoms with E-state index in [4.69, 9.17) is 15.6 Å². The van der Waals surface area contributed by atoms with Crippen LogP contribution in [-0.2, 0) is 4.79 Å². The number of imidazole rings is 1. The third-order valence-corrected chi connectivity index (χ3v) is 1.31. The van der Waals surface area contributed by atoms with E-state index in [1.807, 2.05) is 0 Å². The van der Waals surface area contributed by atoms with E-state index < -0.39 is 0 Å². The van der Waals surface area contributed by atoms with Crippen molar-refractivity contribution in [3.8, 4) is 0 Å². The van der Waals surface area contributed by atoms with Crippen molar-refractivity contribution in [3.63, 3.8) is 0 Å². The molecule has 0 saturated heterocycles. The molecule has 8 nitrogen and oxygen atoms in total. The minimum absolute atomic E-state index is 0.0783. The maximum Gasteiger partial charge on any atom is 0.290 e. The first-order valence-corrected chi connectivity index (χ1v) is 3.45. The first-order chi connectivity index (χ1) is 6.69. The van der Waals surface area contributed by atoms with Crippen LogP contribution in [0.4, 0.5) is 5.95 Å². The monoisotopic (exact) mass is 197 g/mol. The van der Waals surface area contributed by atoms with Gasteiger partial charge in [-0.1, -0.05) is 0 Å². The van der Waals surface area contributed by atoms with Crippen LogP contribution < -0.4 is 11.3 Å². The van der Waals surface area contributed by atoms with Crippen molar-refractivity contribution in [3.05, 3.63) is 16.7 Å². The Morgan fingerprint density at radius 2 is 2.21 bits per heavy atom. The number of fused-ring (bicyclic) bond motifs is 1. The Morgan fingerprint density at radius 1 is 1.57 bits per heavy atom. The molecule has 2 aromatic rings. The van der Waals surface area contributed by atoms with Gasteiger partial charge in [-0.05, 0) is 0 Å². The Labute approximate surface area is 76.8 Å². The van der Waals surface area contributed by atoms with Gasteiger partial charge in [0.05, 0.1) is 6.33 Å². The molecule has 0 bridgehead atoms. The zero-order valence-electron chi connectivity index (χ0n) is 6.89. The summed E-state index contributed by atoms with van der Waals surface area (Å²) in [5.41, 5.74) is 5.65. The summed E-state index contributed by atoms with van der Waals surface area (Å²) in [5.74, 6) is 0.0783. The molecule has 2 heterocycles. The summed E-state index contributed by atoms with van der Waals surface area (Å²) in [4.78, 5) is 31.9. The molecule has 0 amide bonds. The van der Waals surface area contributed by atoms with E-state index in [1.54, 1.807) is 0 Å². The van der Waals surface area contributed by atoms with Crippen LogP contribution >= 0.6 is 0 Å². The molecule has 14 heavy (non-hydrogen) atoms. The number of nitrogens with two attached hydrogens (primary N) is 1. The average Bonchev–Trinajstić information content (AvgIpc) is 2.53. The fourth-order valence-corrected chi connectivity index (χ4v) is 0.860. The molecular formula is C6H7N5O3. The van der Waals surface area contributed by atoms with Crippen LogP contribution in [0.15, 0.2) is 11.1 Å². The first kappa shape index (κ1) is 9.71. The Morgan fingerprint density at radius 3 is 2.86 bits per heavy atom. The highest BCUT2D eigenvalue weighted by Gasteiger charge is 2.01. The van der Waals surface area contributed by atoms with Crippen LogP contribution in [0.25, 0.3) is 11.2 Å². The molecular weight excluding hydrogens is 190 g/mol. The Bertz CT molecular complexity index is 487. The third-order valence-electron chi connectivity index (χ3n) is 1.31. The lowest BCUT2D eigenvalue weighted by molar-refractivity contribution is -0.122. The normalized spacial score (nSPS) is 9.14. The highest BCUT2D eigenvalue weighted by molar-refractivity contribution is 5.69. The molecule has 0 saturated carbocycles. The van der Waals surface area contributed by atoms with Gasteiger partial charge in [-0.2, -0.15) is 4.98 Å². The van der Waals surface area contributed by atoms with E-state index in [2.05, 4.69) is 19.9 Å². The molecule has 0 aliphatic rings. The highest BCUT2D eigenvalue weighted by atomic mass is 16.3. The van der Waals surface area contributed by atoms with E-state index in [-0.39, 0.29) is 18.0 Å². The number of hydrogen-bond donors (Lipinski definition) is 4. The number of aromatic amines is 2. The van der Waals surface area contributed by atoms with Gasteiger partial charge in [-0.3, -0.25) is 14.6 Å². The fourth-order valence-electron chi connectivity index (χ4n) is 0.860. The number of aromatic nitrogens is 4. The van der Waals surface area contributed by atoms with Gasteiger partial charge in [-0.25, -0.2) is 4.98 Å². The van der Waals surface area contributed by atoms with Gasteiger partial charge < -0.3 is 15.8 Å². The van der Waals surface area contributed by atoms with Gasteiger partial charge in [0.25, 0.3) is 12.0 Å². The molecule has 2 aromatic heterocycles. The predicted molar refractivity (Wildman–Crippen MR) is 47.6 cm³/mol. The Hall–Kier alpha value is -2.38. The SMILES string of the molecule is Nc1nc2nc[nH]c2c(=O)[nH]1.O=CO. The maximum atomic E-state index is 11.0. The number of carboxylic acid groups (broad SMARTS) is 1. The lowest BCUT2D eigenvalue weighted by Gasteiger charge is -1.89. The van der Waals surface area contributed by atoms with Crippen LogP contribution in [-0.4, -0.2) is 31.5 Å². The second kappa shape index (κ2) is 4.03. The summed E-state index contributed by atoms with van der Waals surface area (Å²) in [6.45, 7) is -0.250. The molecule has 0 aliphatic heterocycles. The molecule has 74 valence electrons. The van der Waals surface area contributed by atoms with Gasteiger partial charge >= 0.3 is 0 Å². The van der Waals surface area contributed by atoms with Crippen molar-refractivity contribution in [2.75, 3.05) is 5.73 Å². The van der Waals surface area contributed by atoms with Crippen molar-refractivity contribution in [2.24, 2.45) is 0 Å². The van der Waals surface area contributed by atoms with Crippen LogP contribution in [0.5, 0.6) is 0 Å². The lowest BCUT2D eigenvalue weighted by atomic mass is 10.5. The third kappa shape index (κ3) is 1.86. The van der Waals surface area contributed by atoms with Crippen LogP contribution in [0.3, 0.4) is 0 Å². The Kier molecular flexibility index (Phi) is 2.79. The second-order valence-electron chi connectivity index (χ2n) is 2.16. The Balaban J connectivity index is 0.000000293. The van der Waals surface area contributed by atoms with Crippen LogP contribution in [0.2, 0.25) is 0 Å². The van der Waals surface area contributed by atoms with Gasteiger partial charge in [0, 0.05) is 0 Å². The fraction of sp³-hybridized carbons (Fsp3) is 0.